The van der Waals surface area contributed by atoms with Crippen molar-refractivity contribution in [3.05, 3.63) is 35.6 Å². The molecule has 88 valence electrons. The van der Waals surface area contributed by atoms with E-state index in [2.05, 4.69) is 5.32 Å². The van der Waals surface area contributed by atoms with E-state index >= 15 is 0 Å². The van der Waals surface area contributed by atoms with Crippen LogP contribution in [0.5, 0.6) is 0 Å². The zero-order valence-electron chi connectivity index (χ0n) is 9.38. The van der Waals surface area contributed by atoms with Crippen molar-refractivity contribution >= 4 is 0 Å². The van der Waals surface area contributed by atoms with Crippen molar-refractivity contribution in [3.63, 3.8) is 0 Å². The van der Waals surface area contributed by atoms with Gasteiger partial charge in [-0.2, -0.15) is 0 Å². The Labute approximate surface area is 95.5 Å². The van der Waals surface area contributed by atoms with E-state index in [0.717, 1.165) is 37.8 Å². The lowest BCUT2D eigenvalue weighted by molar-refractivity contribution is 0.00888. The molecule has 2 rings (SSSR count). The quantitative estimate of drug-likeness (QED) is 0.820. The van der Waals surface area contributed by atoms with Gasteiger partial charge in [-0.3, -0.25) is 0 Å². The Hall–Kier alpha value is -0.930. The molecule has 0 aliphatic carbocycles. The standard InChI is InChI=1S/C13H18FNO/c14-12-4-2-11(3-5-12)6-8-13(16)7-1-9-15-10-13/h2-5,15-16H,1,6-10H2. The van der Waals surface area contributed by atoms with Crippen molar-refractivity contribution < 1.29 is 9.50 Å². The molecule has 0 radical (unpaired) electrons. The third-order valence-corrected chi connectivity index (χ3v) is 3.24. The number of nitrogens with one attached hydrogen (secondary N) is 1. The van der Waals surface area contributed by atoms with Crippen LogP contribution in [0.25, 0.3) is 0 Å². The van der Waals surface area contributed by atoms with Gasteiger partial charge in [0.15, 0.2) is 0 Å². The summed E-state index contributed by atoms with van der Waals surface area (Å²) in [5.41, 5.74) is 0.507. The molecule has 0 aromatic heterocycles. The van der Waals surface area contributed by atoms with Gasteiger partial charge in [-0.25, -0.2) is 4.39 Å². The fraction of sp³-hybridized carbons (Fsp3) is 0.538. The van der Waals surface area contributed by atoms with Gasteiger partial charge in [-0.15, -0.1) is 0 Å². The Kier molecular flexibility index (Phi) is 3.56. The minimum atomic E-state index is -0.577. The van der Waals surface area contributed by atoms with E-state index in [1.807, 2.05) is 0 Å². The number of hydrogen-bond donors (Lipinski definition) is 2. The average Bonchev–Trinajstić information content (AvgIpc) is 2.29. The van der Waals surface area contributed by atoms with Crippen LogP contribution in [0.1, 0.15) is 24.8 Å². The average molecular weight is 223 g/mol. The zero-order valence-corrected chi connectivity index (χ0v) is 9.38. The Balaban J connectivity index is 1.88. The molecule has 1 unspecified atom stereocenters. The van der Waals surface area contributed by atoms with E-state index in [0.29, 0.717) is 6.54 Å². The first-order chi connectivity index (χ1) is 7.68. The van der Waals surface area contributed by atoms with Crippen molar-refractivity contribution in [1.82, 2.24) is 5.32 Å². The third-order valence-electron chi connectivity index (χ3n) is 3.24. The fourth-order valence-corrected chi connectivity index (χ4v) is 2.19. The second-order valence-electron chi connectivity index (χ2n) is 4.63. The summed E-state index contributed by atoms with van der Waals surface area (Å²) in [6.45, 7) is 1.67. The molecule has 1 aliphatic heterocycles. The Morgan fingerprint density at radius 1 is 1.31 bits per heavy atom. The highest BCUT2D eigenvalue weighted by atomic mass is 19.1. The smallest absolute Gasteiger partial charge is 0.123 e. The summed E-state index contributed by atoms with van der Waals surface area (Å²) in [6, 6.07) is 6.51. The summed E-state index contributed by atoms with van der Waals surface area (Å²) in [6.07, 6.45) is 3.44. The summed E-state index contributed by atoms with van der Waals surface area (Å²) < 4.78 is 12.7. The van der Waals surface area contributed by atoms with Crippen LogP contribution in [0.15, 0.2) is 24.3 Å². The van der Waals surface area contributed by atoms with Crippen molar-refractivity contribution in [2.75, 3.05) is 13.1 Å². The van der Waals surface area contributed by atoms with Crippen molar-refractivity contribution in [3.8, 4) is 0 Å². The Bertz CT molecular complexity index is 330. The molecule has 0 amide bonds. The van der Waals surface area contributed by atoms with Crippen LogP contribution in [0.4, 0.5) is 4.39 Å². The summed E-state index contributed by atoms with van der Waals surface area (Å²) in [7, 11) is 0. The van der Waals surface area contributed by atoms with Gasteiger partial charge in [0.2, 0.25) is 0 Å². The lowest BCUT2D eigenvalue weighted by Crippen LogP contribution is -2.45. The van der Waals surface area contributed by atoms with Crippen LogP contribution in [0, 0.1) is 5.82 Å². The molecule has 16 heavy (non-hydrogen) atoms. The van der Waals surface area contributed by atoms with E-state index in [4.69, 9.17) is 0 Å². The normalized spacial score (nSPS) is 25.6. The maximum Gasteiger partial charge on any atom is 0.123 e. The molecule has 0 bridgehead atoms. The first kappa shape index (κ1) is 11.6. The molecule has 1 saturated heterocycles. The molecule has 1 atom stereocenters. The van der Waals surface area contributed by atoms with E-state index in [1.165, 1.54) is 12.1 Å². The lowest BCUT2D eigenvalue weighted by Gasteiger charge is -2.32. The fourth-order valence-electron chi connectivity index (χ4n) is 2.19. The van der Waals surface area contributed by atoms with Crippen LogP contribution in [-0.4, -0.2) is 23.8 Å². The maximum absolute atomic E-state index is 12.7. The van der Waals surface area contributed by atoms with Gasteiger partial charge < -0.3 is 10.4 Å². The molecular formula is C13H18FNO. The van der Waals surface area contributed by atoms with Crippen LogP contribution < -0.4 is 5.32 Å². The molecule has 2 N–H and O–H groups in total. The molecule has 1 heterocycles. The SMILES string of the molecule is OC1(CCc2ccc(F)cc2)CCCNC1. The van der Waals surface area contributed by atoms with Crippen molar-refractivity contribution in [1.29, 1.82) is 0 Å². The first-order valence-corrected chi connectivity index (χ1v) is 5.86. The topological polar surface area (TPSA) is 32.3 Å². The number of piperidine rings is 1. The van der Waals surface area contributed by atoms with Gasteiger partial charge >= 0.3 is 0 Å². The van der Waals surface area contributed by atoms with Crippen LogP contribution in [0.2, 0.25) is 0 Å². The molecule has 0 saturated carbocycles. The molecule has 1 fully saturated rings. The van der Waals surface area contributed by atoms with Crippen molar-refractivity contribution in [2.45, 2.75) is 31.3 Å². The second kappa shape index (κ2) is 4.93. The first-order valence-electron chi connectivity index (χ1n) is 5.86. The number of β-amino-alcohol motifs (C(OH)–C–C–N with tert-alkyl or cyclic N) is 1. The molecule has 3 heteroatoms. The zero-order chi connectivity index (χ0) is 11.4. The molecule has 2 nitrogen and oxygen atoms in total. The number of aliphatic hydroxyl groups is 1. The predicted molar refractivity (Wildman–Crippen MR) is 61.8 cm³/mol. The van der Waals surface area contributed by atoms with Gasteiger partial charge in [-0.05, 0) is 49.9 Å². The largest absolute Gasteiger partial charge is 0.389 e. The van der Waals surface area contributed by atoms with Gasteiger partial charge in [0, 0.05) is 6.54 Å². The van der Waals surface area contributed by atoms with Crippen LogP contribution in [-0.2, 0) is 6.42 Å². The highest BCUT2D eigenvalue weighted by Gasteiger charge is 2.28. The summed E-state index contributed by atoms with van der Waals surface area (Å²) in [5, 5.41) is 13.5. The van der Waals surface area contributed by atoms with E-state index < -0.39 is 5.60 Å². The van der Waals surface area contributed by atoms with E-state index in [9.17, 15) is 9.50 Å². The minimum absolute atomic E-state index is 0.207. The number of rotatable bonds is 3. The number of benzene rings is 1. The maximum atomic E-state index is 12.7. The summed E-state index contributed by atoms with van der Waals surface area (Å²) >= 11 is 0. The summed E-state index contributed by atoms with van der Waals surface area (Å²) in [5.74, 6) is -0.207. The molecule has 1 aromatic carbocycles. The minimum Gasteiger partial charge on any atom is -0.389 e. The Morgan fingerprint density at radius 2 is 2.06 bits per heavy atom. The molecule has 0 spiro atoms. The second-order valence-corrected chi connectivity index (χ2v) is 4.63. The molecule has 1 aliphatic rings. The highest BCUT2D eigenvalue weighted by Crippen LogP contribution is 2.22. The predicted octanol–water partition coefficient (Wildman–Crippen LogP) is 1.87. The lowest BCUT2D eigenvalue weighted by atomic mass is 9.88. The molecular weight excluding hydrogens is 205 g/mol. The Morgan fingerprint density at radius 3 is 2.69 bits per heavy atom. The van der Waals surface area contributed by atoms with Gasteiger partial charge in [0.05, 0.1) is 5.60 Å². The number of hydrogen-bond acceptors (Lipinski definition) is 2. The van der Waals surface area contributed by atoms with Crippen LogP contribution in [0.3, 0.4) is 0 Å². The highest BCUT2D eigenvalue weighted by molar-refractivity contribution is 5.16. The van der Waals surface area contributed by atoms with Crippen LogP contribution >= 0.6 is 0 Å². The number of aryl methyl sites for hydroxylation is 1. The van der Waals surface area contributed by atoms with Gasteiger partial charge in [0.1, 0.15) is 5.82 Å². The van der Waals surface area contributed by atoms with Gasteiger partial charge in [0.25, 0.3) is 0 Å². The van der Waals surface area contributed by atoms with E-state index in [-0.39, 0.29) is 5.82 Å². The summed E-state index contributed by atoms with van der Waals surface area (Å²) in [4.78, 5) is 0. The third kappa shape index (κ3) is 3.03. The number of halogens is 1. The van der Waals surface area contributed by atoms with Gasteiger partial charge in [-0.1, -0.05) is 12.1 Å². The van der Waals surface area contributed by atoms with E-state index in [1.54, 1.807) is 12.1 Å². The monoisotopic (exact) mass is 223 g/mol. The van der Waals surface area contributed by atoms with Crippen molar-refractivity contribution in [2.24, 2.45) is 0 Å². The molecule has 1 aromatic rings.